The van der Waals surface area contributed by atoms with Gasteiger partial charge in [0.2, 0.25) is 0 Å². The van der Waals surface area contributed by atoms with Crippen molar-refractivity contribution in [2.45, 2.75) is 84.5 Å². The molecule has 1 aliphatic rings. The molecule has 1 rings (SSSR count). The molecule has 0 radical (unpaired) electrons. The summed E-state index contributed by atoms with van der Waals surface area (Å²) in [7, 11) is 1.45. The molecule has 0 heterocycles. The maximum Gasteiger partial charge on any atom is 0.305 e. The number of carbonyl (C=O) groups excluding carboxylic acids is 1. The van der Waals surface area contributed by atoms with Crippen molar-refractivity contribution in [1.82, 2.24) is 0 Å². The quantitative estimate of drug-likeness (QED) is 0.232. The van der Waals surface area contributed by atoms with Crippen LogP contribution in [0.25, 0.3) is 0 Å². The van der Waals surface area contributed by atoms with Gasteiger partial charge in [-0.05, 0) is 56.3 Å². The first-order valence-corrected chi connectivity index (χ1v) is 10.1. The van der Waals surface area contributed by atoms with E-state index in [0.717, 1.165) is 30.6 Å². The second-order valence-corrected chi connectivity index (χ2v) is 7.39. The summed E-state index contributed by atoms with van der Waals surface area (Å²) in [5.74, 6) is 2.23. The van der Waals surface area contributed by atoms with Crippen molar-refractivity contribution in [3.05, 3.63) is 24.3 Å². The van der Waals surface area contributed by atoms with Crippen molar-refractivity contribution in [2.75, 3.05) is 7.11 Å². The monoisotopic (exact) mass is 334 g/mol. The Morgan fingerprint density at radius 3 is 2.79 bits per heavy atom. The molecule has 0 aromatic heterocycles. The van der Waals surface area contributed by atoms with Gasteiger partial charge in [0, 0.05) is 6.42 Å². The molecule has 0 aromatic carbocycles. The van der Waals surface area contributed by atoms with Crippen molar-refractivity contribution in [1.29, 1.82) is 0 Å². The molecule has 0 unspecified atom stereocenters. The van der Waals surface area contributed by atoms with Crippen LogP contribution in [0, 0.1) is 17.8 Å². The van der Waals surface area contributed by atoms with Gasteiger partial charge in [0.1, 0.15) is 0 Å². The highest BCUT2D eigenvalue weighted by Gasteiger charge is 2.23. The first-order valence-electron chi connectivity index (χ1n) is 10.1. The van der Waals surface area contributed by atoms with Crippen LogP contribution in [0.5, 0.6) is 0 Å². The number of carbonyl (C=O) groups is 1. The Morgan fingerprint density at radius 2 is 2.04 bits per heavy atom. The van der Waals surface area contributed by atoms with Gasteiger partial charge in [-0.15, -0.1) is 0 Å². The number of ether oxygens (including phenoxy) is 1. The first kappa shape index (κ1) is 21.0. The van der Waals surface area contributed by atoms with E-state index in [1.54, 1.807) is 0 Å². The van der Waals surface area contributed by atoms with Crippen LogP contribution in [-0.2, 0) is 9.53 Å². The van der Waals surface area contributed by atoms with Gasteiger partial charge in [-0.2, -0.15) is 0 Å². The average molecular weight is 335 g/mol. The molecule has 24 heavy (non-hydrogen) atoms. The lowest BCUT2D eigenvalue weighted by Gasteiger charge is -2.15. The molecule has 0 N–H and O–H groups in total. The molecule has 2 heteroatoms. The van der Waals surface area contributed by atoms with Crippen molar-refractivity contribution in [3.8, 4) is 0 Å². The number of unbranched alkanes of at least 4 members (excludes halogenated alkanes) is 3. The van der Waals surface area contributed by atoms with Gasteiger partial charge < -0.3 is 4.74 Å². The number of hydrogen-bond donors (Lipinski definition) is 0. The van der Waals surface area contributed by atoms with E-state index in [1.807, 2.05) is 0 Å². The molecular weight excluding hydrogens is 296 g/mol. The van der Waals surface area contributed by atoms with Gasteiger partial charge >= 0.3 is 5.97 Å². The maximum atomic E-state index is 11.1. The molecule has 2 nitrogen and oxygen atoms in total. The molecule has 0 aliphatic heterocycles. The van der Waals surface area contributed by atoms with E-state index in [4.69, 9.17) is 0 Å². The number of rotatable bonds is 12. The summed E-state index contributed by atoms with van der Waals surface area (Å²) in [6, 6.07) is 0. The van der Waals surface area contributed by atoms with Gasteiger partial charge in [0.05, 0.1) is 7.11 Å². The van der Waals surface area contributed by atoms with Gasteiger partial charge in [0.15, 0.2) is 0 Å². The minimum atomic E-state index is -0.0996. The zero-order valence-electron chi connectivity index (χ0n) is 16.1. The lowest BCUT2D eigenvalue weighted by Crippen LogP contribution is -2.04. The van der Waals surface area contributed by atoms with Crippen molar-refractivity contribution in [3.63, 3.8) is 0 Å². The molecule has 0 bridgehead atoms. The third-order valence-electron chi connectivity index (χ3n) is 5.25. The Morgan fingerprint density at radius 1 is 1.21 bits per heavy atom. The van der Waals surface area contributed by atoms with Gasteiger partial charge in [-0.1, -0.05) is 63.8 Å². The predicted molar refractivity (Wildman–Crippen MR) is 103 cm³/mol. The van der Waals surface area contributed by atoms with Gasteiger partial charge in [0.25, 0.3) is 0 Å². The lowest BCUT2D eigenvalue weighted by molar-refractivity contribution is -0.140. The van der Waals surface area contributed by atoms with Crippen LogP contribution >= 0.6 is 0 Å². The molecule has 1 aliphatic carbocycles. The van der Waals surface area contributed by atoms with Gasteiger partial charge in [-0.3, -0.25) is 4.79 Å². The Labute approximate surface area is 149 Å². The predicted octanol–water partition coefficient (Wildman–Crippen LogP) is 6.46. The fraction of sp³-hybridized carbons (Fsp3) is 0.773. The van der Waals surface area contributed by atoms with Crippen LogP contribution in [0.4, 0.5) is 0 Å². The SMILES string of the molecule is CCCCC[C@@H](C)/C=C/[C@H]1CCC[C@@H]1C/C=C\CCCC(=O)OC. The summed E-state index contributed by atoms with van der Waals surface area (Å²) in [4.78, 5) is 11.1. The smallest absolute Gasteiger partial charge is 0.305 e. The Hall–Kier alpha value is -1.05. The molecule has 0 spiro atoms. The third kappa shape index (κ3) is 9.30. The molecule has 138 valence electrons. The summed E-state index contributed by atoms with van der Waals surface area (Å²) >= 11 is 0. The normalized spacial score (nSPS) is 22.5. The number of methoxy groups -OCH3 is 1. The summed E-state index contributed by atoms with van der Waals surface area (Å²) in [6.07, 6.45) is 22.6. The second-order valence-electron chi connectivity index (χ2n) is 7.39. The summed E-state index contributed by atoms with van der Waals surface area (Å²) < 4.78 is 4.66. The Balaban J connectivity index is 2.23. The number of allylic oxidation sites excluding steroid dienone is 4. The highest BCUT2D eigenvalue weighted by molar-refractivity contribution is 5.69. The van der Waals surface area contributed by atoms with Crippen LogP contribution in [0.15, 0.2) is 24.3 Å². The molecule has 3 atom stereocenters. The summed E-state index contributed by atoms with van der Waals surface area (Å²) in [6.45, 7) is 4.63. The molecular formula is C22H38O2. The van der Waals surface area contributed by atoms with Crippen LogP contribution in [0.3, 0.4) is 0 Å². The van der Waals surface area contributed by atoms with Crippen molar-refractivity contribution in [2.24, 2.45) is 17.8 Å². The lowest BCUT2D eigenvalue weighted by atomic mass is 9.90. The zero-order chi connectivity index (χ0) is 17.6. The molecule has 1 fully saturated rings. The molecule has 0 aromatic rings. The molecule has 0 amide bonds. The van der Waals surface area contributed by atoms with E-state index in [1.165, 1.54) is 58.5 Å². The minimum absolute atomic E-state index is 0.0996. The highest BCUT2D eigenvalue weighted by Crippen LogP contribution is 2.35. The molecule has 0 saturated heterocycles. The van der Waals surface area contributed by atoms with Crippen LogP contribution in [-0.4, -0.2) is 13.1 Å². The fourth-order valence-electron chi connectivity index (χ4n) is 3.61. The Kier molecular flexibility index (Phi) is 11.6. The fourth-order valence-corrected chi connectivity index (χ4v) is 3.61. The van der Waals surface area contributed by atoms with Gasteiger partial charge in [-0.25, -0.2) is 0 Å². The van der Waals surface area contributed by atoms with Crippen LogP contribution < -0.4 is 0 Å². The third-order valence-corrected chi connectivity index (χ3v) is 5.25. The largest absolute Gasteiger partial charge is 0.469 e. The minimum Gasteiger partial charge on any atom is -0.469 e. The molecule has 1 saturated carbocycles. The topological polar surface area (TPSA) is 26.3 Å². The Bertz CT molecular complexity index is 383. The van der Waals surface area contributed by atoms with E-state index in [-0.39, 0.29) is 5.97 Å². The second kappa shape index (κ2) is 13.3. The van der Waals surface area contributed by atoms with E-state index in [9.17, 15) is 4.79 Å². The van der Waals surface area contributed by atoms with Crippen molar-refractivity contribution < 1.29 is 9.53 Å². The van der Waals surface area contributed by atoms with Crippen LogP contribution in [0.1, 0.15) is 84.5 Å². The summed E-state index contributed by atoms with van der Waals surface area (Å²) in [5, 5.41) is 0. The summed E-state index contributed by atoms with van der Waals surface area (Å²) in [5.41, 5.74) is 0. The average Bonchev–Trinajstić information content (AvgIpc) is 3.03. The van der Waals surface area contributed by atoms with Crippen molar-refractivity contribution >= 4 is 5.97 Å². The van der Waals surface area contributed by atoms with E-state index < -0.39 is 0 Å². The standard InChI is InChI=1S/C22H38O2/c1-4-5-8-12-19(2)17-18-21-15-11-14-20(21)13-9-6-7-10-16-22(23)24-3/h6,9,17-21H,4-5,7-8,10-16H2,1-3H3/b9-6-,18-17+/t19-,20+,21-/m1/s1. The zero-order valence-corrected chi connectivity index (χ0v) is 16.1. The van der Waals surface area contributed by atoms with E-state index >= 15 is 0 Å². The van der Waals surface area contributed by atoms with Crippen LogP contribution in [0.2, 0.25) is 0 Å². The van der Waals surface area contributed by atoms with E-state index in [0.29, 0.717) is 6.42 Å². The number of hydrogen-bond acceptors (Lipinski definition) is 2. The highest BCUT2D eigenvalue weighted by atomic mass is 16.5. The first-order chi connectivity index (χ1) is 11.7. The maximum absolute atomic E-state index is 11.1. The van der Waals surface area contributed by atoms with E-state index in [2.05, 4.69) is 42.9 Å². The number of esters is 1.